The molecule has 8 heteroatoms. The molecule has 0 saturated heterocycles. The number of anilines is 2. The molecule has 0 radical (unpaired) electrons. The Balaban J connectivity index is 1.45. The van der Waals surface area contributed by atoms with E-state index in [4.69, 9.17) is 46.5 Å². The SMILES string of the molecule is NC(=S)Nc1cccc(OCCCCCCCCNC(=S)Nc2ccccc2Cl)c1. The molecular weight excluding hydrogens is 436 g/mol. The number of halogens is 1. The zero-order chi connectivity index (χ0) is 21.6. The molecule has 0 bridgehead atoms. The highest BCUT2D eigenvalue weighted by Gasteiger charge is 2.01. The van der Waals surface area contributed by atoms with Crippen molar-refractivity contribution in [1.82, 2.24) is 5.32 Å². The lowest BCUT2D eigenvalue weighted by Gasteiger charge is -2.11. The summed E-state index contributed by atoms with van der Waals surface area (Å²) in [7, 11) is 0. The zero-order valence-corrected chi connectivity index (χ0v) is 19.3. The fraction of sp³-hybridized carbons (Fsp3) is 0.364. The number of hydrogen-bond donors (Lipinski definition) is 4. The number of rotatable bonds is 12. The van der Waals surface area contributed by atoms with Gasteiger partial charge in [0.2, 0.25) is 0 Å². The molecule has 0 heterocycles. The minimum absolute atomic E-state index is 0.251. The summed E-state index contributed by atoms with van der Waals surface area (Å²) in [6.45, 7) is 1.57. The van der Waals surface area contributed by atoms with Gasteiger partial charge in [0.15, 0.2) is 10.2 Å². The molecule has 0 aliphatic carbocycles. The Morgan fingerprint density at radius 3 is 2.40 bits per heavy atom. The summed E-state index contributed by atoms with van der Waals surface area (Å²) in [5.74, 6) is 0.823. The highest BCUT2D eigenvalue weighted by molar-refractivity contribution is 7.80. The van der Waals surface area contributed by atoms with E-state index in [-0.39, 0.29) is 5.11 Å². The van der Waals surface area contributed by atoms with Crippen molar-refractivity contribution < 1.29 is 4.74 Å². The van der Waals surface area contributed by atoms with Crippen LogP contribution in [0.2, 0.25) is 5.02 Å². The molecule has 0 aliphatic rings. The molecule has 0 amide bonds. The highest BCUT2D eigenvalue weighted by atomic mass is 35.5. The topological polar surface area (TPSA) is 71.3 Å². The van der Waals surface area contributed by atoms with E-state index in [1.54, 1.807) is 0 Å². The molecule has 2 aromatic carbocycles. The first-order chi connectivity index (χ1) is 14.5. The minimum Gasteiger partial charge on any atom is -0.494 e. The number of nitrogens with two attached hydrogens (primary N) is 1. The lowest BCUT2D eigenvalue weighted by molar-refractivity contribution is 0.304. The van der Waals surface area contributed by atoms with Gasteiger partial charge in [-0.1, -0.05) is 55.5 Å². The number of ether oxygens (including phenoxy) is 1. The lowest BCUT2D eigenvalue weighted by Crippen LogP contribution is -2.29. The van der Waals surface area contributed by atoms with Gasteiger partial charge in [-0.05, 0) is 61.5 Å². The smallest absolute Gasteiger partial charge is 0.170 e. The van der Waals surface area contributed by atoms with E-state index in [1.807, 2.05) is 48.5 Å². The Hall–Kier alpha value is -2.09. The average Bonchev–Trinajstić information content (AvgIpc) is 2.71. The Kier molecular flexibility index (Phi) is 11.3. The molecule has 30 heavy (non-hydrogen) atoms. The van der Waals surface area contributed by atoms with E-state index in [2.05, 4.69) is 16.0 Å². The van der Waals surface area contributed by atoms with Crippen LogP contribution in [-0.4, -0.2) is 23.4 Å². The van der Waals surface area contributed by atoms with E-state index < -0.39 is 0 Å². The van der Waals surface area contributed by atoms with Gasteiger partial charge in [0, 0.05) is 18.3 Å². The summed E-state index contributed by atoms with van der Waals surface area (Å²) in [4.78, 5) is 0. The van der Waals surface area contributed by atoms with Crippen molar-refractivity contribution in [2.45, 2.75) is 38.5 Å². The van der Waals surface area contributed by atoms with E-state index in [0.29, 0.717) is 16.7 Å². The van der Waals surface area contributed by atoms with Crippen molar-refractivity contribution >= 4 is 57.6 Å². The quantitative estimate of drug-likeness (QED) is 0.237. The van der Waals surface area contributed by atoms with Gasteiger partial charge >= 0.3 is 0 Å². The van der Waals surface area contributed by atoms with Crippen molar-refractivity contribution in [3.63, 3.8) is 0 Å². The number of thiocarbonyl (C=S) groups is 2. The standard InChI is InChI=1S/C22H29ClN4OS2/c23-19-12-5-6-13-20(19)27-22(30)25-14-7-3-1-2-4-8-15-28-18-11-9-10-17(16-18)26-21(24)29/h5-6,9-13,16H,1-4,7-8,14-15H2,(H3,24,26,29)(H2,25,27,30). The number of hydrogen-bond acceptors (Lipinski definition) is 3. The van der Waals surface area contributed by atoms with Crippen molar-refractivity contribution in [3.8, 4) is 5.75 Å². The molecule has 0 spiro atoms. The summed E-state index contributed by atoms with van der Waals surface area (Å²) in [6, 6.07) is 15.2. The van der Waals surface area contributed by atoms with E-state index in [1.165, 1.54) is 19.3 Å². The normalized spacial score (nSPS) is 10.3. The fourth-order valence-corrected chi connectivity index (χ4v) is 3.37. The molecule has 5 nitrogen and oxygen atoms in total. The van der Waals surface area contributed by atoms with E-state index in [9.17, 15) is 0 Å². The van der Waals surface area contributed by atoms with Gasteiger partial charge in [0.05, 0.1) is 17.3 Å². The first-order valence-electron chi connectivity index (χ1n) is 10.1. The third-order valence-corrected chi connectivity index (χ3v) is 5.03. The predicted octanol–water partition coefficient (Wildman–Crippen LogP) is 5.70. The molecule has 0 aromatic heterocycles. The second kappa shape index (κ2) is 14.0. The Morgan fingerprint density at radius 1 is 0.900 bits per heavy atom. The summed E-state index contributed by atoms with van der Waals surface area (Å²) in [6.07, 6.45) is 6.87. The molecule has 0 unspecified atom stereocenters. The molecule has 0 fully saturated rings. The van der Waals surface area contributed by atoms with Crippen molar-refractivity contribution in [2.75, 3.05) is 23.8 Å². The monoisotopic (exact) mass is 464 g/mol. The molecule has 2 aromatic rings. The summed E-state index contributed by atoms with van der Waals surface area (Å²) in [5, 5.41) is 10.8. The van der Waals surface area contributed by atoms with Gasteiger partial charge in [-0.25, -0.2) is 0 Å². The van der Waals surface area contributed by atoms with Crippen LogP contribution in [0.25, 0.3) is 0 Å². The lowest BCUT2D eigenvalue weighted by atomic mass is 10.1. The van der Waals surface area contributed by atoms with Crippen LogP contribution in [0.1, 0.15) is 38.5 Å². The van der Waals surface area contributed by atoms with E-state index >= 15 is 0 Å². The first-order valence-corrected chi connectivity index (χ1v) is 11.3. The number of para-hydroxylation sites is 1. The third-order valence-electron chi connectivity index (χ3n) is 4.35. The van der Waals surface area contributed by atoms with Crippen LogP contribution >= 0.6 is 36.0 Å². The van der Waals surface area contributed by atoms with E-state index in [0.717, 1.165) is 42.9 Å². The molecule has 0 aliphatic heterocycles. The maximum absolute atomic E-state index is 6.11. The van der Waals surface area contributed by atoms with Gasteiger partial charge in [-0.15, -0.1) is 0 Å². The largest absolute Gasteiger partial charge is 0.494 e. The maximum atomic E-state index is 6.11. The Bertz CT molecular complexity index is 819. The molecular formula is C22H29ClN4OS2. The number of unbranched alkanes of at least 4 members (excludes halogenated alkanes) is 5. The average molecular weight is 465 g/mol. The highest BCUT2D eigenvalue weighted by Crippen LogP contribution is 2.20. The third kappa shape index (κ3) is 10.1. The van der Waals surface area contributed by atoms with Gasteiger partial charge in [-0.2, -0.15) is 0 Å². The summed E-state index contributed by atoms with van der Waals surface area (Å²) < 4.78 is 5.79. The van der Waals surface area contributed by atoms with Crippen molar-refractivity contribution in [3.05, 3.63) is 53.6 Å². The Morgan fingerprint density at radius 2 is 1.63 bits per heavy atom. The predicted molar refractivity (Wildman–Crippen MR) is 136 cm³/mol. The minimum atomic E-state index is 0.251. The number of nitrogens with one attached hydrogen (secondary N) is 3. The maximum Gasteiger partial charge on any atom is 0.170 e. The summed E-state index contributed by atoms with van der Waals surface area (Å²) >= 11 is 16.3. The van der Waals surface area contributed by atoms with Gasteiger partial charge in [-0.3, -0.25) is 0 Å². The summed E-state index contributed by atoms with van der Waals surface area (Å²) in [5.41, 5.74) is 7.15. The van der Waals surface area contributed by atoms with Gasteiger partial charge < -0.3 is 26.4 Å². The molecule has 0 atom stereocenters. The zero-order valence-electron chi connectivity index (χ0n) is 17.0. The van der Waals surface area contributed by atoms with Crippen LogP contribution in [-0.2, 0) is 0 Å². The van der Waals surface area contributed by atoms with Gasteiger partial charge in [0.25, 0.3) is 0 Å². The van der Waals surface area contributed by atoms with Crippen molar-refractivity contribution in [1.29, 1.82) is 0 Å². The van der Waals surface area contributed by atoms with Crippen LogP contribution in [0.5, 0.6) is 5.75 Å². The van der Waals surface area contributed by atoms with Crippen LogP contribution in [0.3, 0.4) is 0 Å². The van der Waals surface area contributed by atoms with Crippen LogP contribution in [0, 0.1) is 0 Å². The van der Waals surface area contributed by atoms with Crippen LogP contribution in [0.4, 0.5) is 11.4 Å². The molecule has 2 rings (SSSR count). The molecule has 5 N–H and O–H groups in total. The first kappa shape index (κ1) is 24.2. The number of benzene rings is 2. The second-order valence-corrected chi connectivity index (χ2v) is 8.10. The Labute approximate surface area is 194 Å². The fourth-order valence-electron chi connectivity index (χ4n) is 2.86. The molecule has 162 valence electrons. The molecule has 0 saturated carbocycles. The van der Waals surface area contributed by atoms with Crippen LogP contribution < -0.4 is 26.4 Å². The second-order valence-electron chi connectivity index (χ2n) is 6.85. The van der Waals surface area contributed by atoms with Gasteiger partial charge in [0.1, 0.15) is 5.75 Å². The van der Waals surface area contributed by atoms with Crippen LogP contribution in [0.15, 0.2) is 48.5 Å². The van der Waals surface area contributed by atoms with Crippen molar-refractivity contribution in [2.24, 2.45) is 5.73 Å².